The van der Waals surface area contributed by atoms with Crippen molar-refractivity contribution < 1.29 is 9.47 Å². The molecule has 1 aliphatic heterocycles. The maximum absolute atomic E-state index is 5.87. The van der Waals surface area contributed by atoms with Gasteiger partial charge < -0.3 is 26.7 Å². The summed E-state index contributed by atoms with van der Waals surface area (Å²) in [5.41, 5.74) is 19.2. The number of rotatable bonds is 3. The highest BCUT2D eigenvalue weighted by Gasteiger charge is 2.20. The highest BCUT2D eigenvalue weighted by molar-refractivity contribution is 5.64. The fraction of sp³-hybridized carbons (Fsp3) is 0.455. The number of anilines is 2. The molecule has 16 heavy (non-hydrogen) atoms. The summed E-state index contributed by atoms with van der Waals surface area (Å²) in [5, 5.41) is 0. The van der Waals surface area contributed by atoms with Crippen molar-refractivity contribution in [2.45, 2.75) is 19.1 Å². The van der Waals surface area contributed by atoms with Crippen molar-refractivity contribution in [2.24, 2.45) is 5.73 Å². The number of hydrogen-bond acceptors (Lipinski definition) is 5. The molecule has 2 rings (SSSR count). The van der Waals surface area contributed by atoms with Gasteiger partial charge in [-0.3, -0.25) is 0 Å². The fourth-order valence-electron chi connectivity index (χ4n) is 1.81. The zero-order valence-electron chi connectivity index (χ0n) is 9.11. The van der Waals surface area contributed by atoms with E-state index < -0.39 is 0 Å². The summed E-state index contributed by atoms with van der Waals surface area (Å²) >= 11 is 0. The zero-order valence-corrected chi connectivity index (χ0v) is 9.11. The molecule has 1 saturated heterocycles. The predicted molar refractivity (Wildman–Crippen MR) is 63.0 cm³/mol. The summed E-state index contributed by atoms with van der Waals surface area (Å²) in [7, 11) is 0. The largest absolute Gasteiger partial charge is 0.485 e. The second kappa shape index (κ2) is 4.59. The second-order valence-corrected chi connectivity index (χ2v) is 3.91. The van der Waals surface area contributed by atoms with Crippen LogP contribution >= 0.6 is 0 Å². The van der Waals surface area contributed by atoms with Gasteiger partial charge in [0.15, 0.2) is 0 Å². The Labute approximate surface area is 94.5 Å². The lowest BCUT2D eigenvalue weighted by Crippen LogP contribution is -2.18. The summed E-state index contributed by atoms with van der Waals surface area (Å²) in [5.74, 6) is 0.646. The van der Waals surface area contributed by atoms with Crippen LogP contribution in [0.25, 0.3) is 0 Å². The Kier molecular flexibility index (Phi) is 3.17. The Morgan fingerprint density at radius 1 is 1.38 bits per heavy atom. The van der Waals surface area contributed by atoms with E-state index in [9.17, 15) is 0 Å². The molecule has 1 fully saturated rings. The van der Waals surface area contributed by atoms with Gasteiger partial charge in [0, 0.05) is 24.2 Å². The van der Waals surface area contributed by atoms with Crippen molar-refractivity contribution in [1.29, 1.82) is 0 Å². The lowest BCUT2D eigenvalue weighted by atomic mass is 10.1. The van der Waals surface area contributed by atoms with E-state index in [2.05, 4.69) is 0 Å². The van der Waals surface area contributed by atoms with Gasteiger partial charge in [-0.25, -0.2) is 0 Å². The first-order valence-corrected chi connectivity index (χ1v) is 5.33. The lowest BCUT2D eigenvalue weighted by molar-refractivity contribution is 0.141. The van der Waals surface area contributed by atoms with E-state index in [0.717, 1.165) is 18.6 Å². The molecule has 0 bridgehead atoms. The van der Waals surface area contributed by atoms with E-state index in [1.807, 2.05) is 0 Å². The molecule has 6 N–H and O–H groups in total. The Bertz CT molecular complexity index is 376. The summed E-state index contributed by atoms with van der Waals surface area (Å²) in [6, 6.07) is 3.48. The van der Waals surface area contributed by atoms with E-state index in [-0.39, 0.29) is 6.10 Å². The average molecular weight is 223 g/mol. The van der Waals surface area contributed by atoms with Crippen LogP contribution in [-0.2, 0) is 11.3 Å². The molecule has 0 aromatic heterocycles. The van der Waals surface area contributed by atoms with E-state index in [0.29, 0.717) is 30.3 Å². The first kappa shape index (κ1) is 11.0. The van der Waals surface area contributed by atoms with Crippen LogP contribution in [0.15, 0.2) is 12.1 Å². The van der Waals surface area contributed by atoms with E-state index in [4.69, 9.17) is 26.7 Å². The molecule has 5 nitrogen and oxygen atoms in total. The first-order chi connectivity index (χ1) is 7.70. The van der Waals surface area contributed by atoms with E-state index in [1.54, 1.807) is 12.1 Å². The minimum atomic E-state index is 0.0659. The highest BCUT2D eigenvalue weighted by atomic mass is 16.5. The van der Waals surface area contributed by atoms with Crippen LogP contribution in [0.1, 0.15) is 12.0 Å². The quantitative estimate of drug-likeness (QED) is 0.647. The topological polar surface area (TPSA) is 96.5 Å². The van der Waals surface area contributed by atoms with E-state index >= 15 is 0 Å². The molecule has 0 amide bonds. The molecule has 88 valence electrons. The van der Waals surface area contributed by atoms with Crippen molar-refractivity contribution in [2.75, 3.05) is 24.7 Å². The second-order valence-electron chi connectivity index (χ2n) is 3.91. The third-order valence-corrected chi connectivity index (χ3v) is 2.61. The summed E-state index contributed by atoms with van der Waals surface area (Å²) in [6.07, 6.45) is 0.949. The van der Waals surface area contributed by atoms with Crippen LogP contribution in [0.2, 0.25) is 0 Å². The Morgan fingerprint density at radius 2 is 2.19 bits per heavy atom. The molecule has 1 aromatic carbocycles. The van der Waals surface area contributed by atoms with Gasteiger partial charge in [0.05, 0.1) is 18.9 Å². The first-order valence-electron chi connectivity index (χ1n) is 5.33. The van der Waals surface area contributed by atoms with Gasteiger partial charge in [0.25, 0.3) is 0 Å². The molecule has 0 saturated carbocycles. The Morgan fingerprint density at radius 3 is 2.81 bits per heavy atom. The van der Waals surface area contributed by atoms with Crippen molar-refractivity contribution >= 4 is 11.4 Å². The predicted octanol–water partition coefficient (Wildman–Crippen LogP) is 0.477. The van der Waals surface area contributed by atoms with Crippen LogP contribution in [0.3, 0.4) is 0 Å². The number of benzene rings is 1. The van der Waals surface area contributed by atoms with Gasteiger partial charge in [-0.2, -0.15) is 0 Å². The normalized spacial score (nSPS) is 19.9. The van der Waals surface area contributed by atoms with Crippen molar-refractivity contribution in [3.63, 3.8) is 0 Å². The van der Waals surface area contributed by atoms with Crippen molar-refractivity contribution in [3.8, 4) is 5.75 Å². The number of hydrogen-bond donors (Lipinski definition) is 3. The lowest BCUT2D eigenvalue weighted by Gasteiger charge is -2.17. The molecular formula is C11H17N3O2. The third kappa shape index (κ3) is 2.20. The van der Waals surface area contributed by atoms with Crippen LogP contribution in [0.5, 0.6) is 5.75 Å². The minimum absolute atomic E-state index is 0.0659. The molecule has 5 heteroatoms. The van der Waals surface area contributed by atoms with Crippen LogP contribution < -0.4 is 21.9 Å². The van der Waals surface area contributed by atoms with Crippen molar-refractivity contribution in [3.05, 3.63) is 17.7 Å². The smallest absolute Gasteiger partial charge is 0.147 e. The standard InChI is InChI=1S/C11H17N3O2/c12-5-7-3-8(13)4-10(14)11(7)16-9-1-2-15-6-9/h3-4,9H,1-2,5-6,12-14H2/t9-/m1/s1. The SMILES string of the molecule is NCc1cc(N)cc(N)c1O[C@@H]1CCOC1. The number of nitrogens with two attached hydrogens (primary N) is 3. The van der Waals surface area contributed by atoms with Gasteiger partial charge in [0.1, 0.15) is 11.9 Å². The zero-order chi connectivity index (χ0) is 11.5. The molecule has 1 atom stereocenters. The van der Waals surface area contributed by atoms with Gasteiger partial charge >= 0.3 is 0 Å². The van der Waals surface area contributed by atoms with Gasteiger partial charge in [-0.1, -0.05) is 0 Å². The number of nitrogen functional groups attached to an aromatic ring is 2. The Balaban J connectivity index is 2.23. The van der Waals surface area contributed by atoms with Gasteiger partial charge in [-0.15, -0.1) is 0 Å². The van der Waals surface area contributed by atoms with Crippen molar-refractivity contribution in [1.82, 2.24) is 0 Å². The molecule has 1 heterocycles. The van der Waals surface area contributed by atoms with Gasteiger partial charge in [0.2, 0.25) is 0 Å². The van der Waals surface area contributed by atoms with Gasteiger partial charge in [-0.05, 0) is 12.1 Å². The molecule has 1 aromatic rings. The maximum Gasteiger partial charge on any atom is 0.147 e. The monoisotopic (exact) mass is 223 g/mol. The summed E-state index contributed by atoms with van der Waals surface area (Å²) in [4.78, 5) is 0. The molecule has 0 radical (unpaired) electrons. The third-order valence-electron chi connectivity index (χ3n) is 2.61. The summed E-state index contributed by atoms with van der Waals surface area (Å²) < 4.78 is 11.0. The molecule has 1 aliphatic rings. The van der Waals surface area contributed by atoms with E-state index in [1.165, 1.54) is 0 Å². The molecule has 0 spiro atoms. The summed E-state index contributed by atoms with van der Waals surface area (Å²) in [6.45, 7) is 1.70. The van der Waals surface area contributed by atoms with Crippen LogP contribution in [0, 0.1) is 0 Å². The Hall–Kier alpha value is -1.46. The molecular weight excluding hydrogens is 206 g/mol. The fourth-order valence-corrected chi connectivity index (χ4v) is 1.81. The minimum Gasteiger partial charge on any atom is -0.485 e. The average Bonchev–Trinajstić information content (AvgIpc) is 2.74. The molecule has 0 unspecified atom stereocenters. The maximum atomic E-state index is 5.87. The molecule has 0 aliphatic carbocycles. The number of ether oxygens (including phenoxy) is 2. The highest BCUT2D eigenvalue weighted by Crippen LogP contribution is 2.31. The van der Waals surface area contributed by atoms with Crippen LogP contribution in [-0.4, -0.2) is 19.3 Å². The van der Waals surface area contributed by atoms with Crippen LogP contribution in [0.4, 0.5) is 11.4 Å².